The maximum Gasteiger partial charge on any atom is 0.255 e. The predicted molar refractivity (Wildman–Crippen MR) is 129 cm³/mol. The number of hydrogen-bond acceptors (Lipinski definition) is 4. The molecule has 1 N–H and O–H groups in total. The van der Waals surface area contributed by atoms with E-state index >= 15 is 0 Å². The molecule has 0 saturated carbocycles. The van der Waals surface area contributed by atoms with Gasteiger partial charge in [0.05, 0.1) is 25.1 Å². The lowest BCUT2D eigenvalue weighted by Gasteiger charge is -2.25. The fraction of sp³-hybridized carbons (Fsp3) is 0.240. The van der Waals surface area contributed by atoms with E-state index < -0.39 is 10.0 Å². The summed E-state index contributed by atoms with van der Waals surface area (Å²) in [4.78, 5) is 12.6. The molecule has 3 aromatic carbocycles. The van der Waals surface area contributed by atoms with E-state index in [0.29, 0.717) is 29.3 Å². The lowest BCUT2D eigenvalue weighted by molar-refractivity contribution is 0.102. The first-order valence-electron chi connectivity index (χ1n) is 10.4. The minimum Gasteiger partial charge on any atom is -0.494 e. The average molecular weight is 453 g/mol. The fourth-order valence-corrected chi connectivity index (χ4v) is 4.27. The molecule has 0 aliphatic heterocycles. The number of nitrogens with one attached hydrogen (secondary N) is 1. The maximum absolute atomic E-state index is 12.6. The van der Waals surface area contributed by atoms with Crippen molar-refractivity contribution in [3.05, 3.63) is 89.0 Å². The number of amides is 1. The van der Waals surface area contributed by atoms with Crippen molar-refractivity contribution in [1.29, 1.82) is 0 Å². The molecular weight excluding hydrogens is 424 g/mol. The highest BCUT2D eigenvalue weighted by atomic mass is 32.2. The van der Waals surface area contributed by atoms with Gasteiger partial charge in [0.25, 0.3) is 5.91 Å². The van der Waals surface area contributed by atoms with E-state index in [0.717, 1.165) is 16.7 Å². The van der Waals surface area contributed by atoms with Gasteiger partial charge >= 0.3 is 0 Å². The van der Waals surface area contributed by atoms with E-state index in [1.807, 2.05) is 51.1 Å². The van der Waals surface area contributed by atoms with E-state index in [1.165, 1.54) is 10.6 Å². The largest absolute Gasteiger partial charge is 0.494 e. The van der Waals surface area contributed by atoms with E-state index in [9.17, 15) is 13.2 Å². The van der Waals surface area contributed by atoms with Crippen LogP contribution >= 0.6 is 0 Å². The number of nitrogens with zero attached hydrogens (tertiary/aromatic N) is 1. The number of anilines is 2. The van der Waals surface area contributed by atoms with Crippen molar-refractivity contribution in [1.82, 2.24) is 0 Å². The molecular formula is C25H28N2O4S. The monoisotopic (exact) mass is 452 g/mol. The van der Waals surface area contributed by atoms with Crippen LogP contribution in [0.1, 0.15) is 34.0 Å². The quantitative estimate of drug-likeness (QED) is 0.526. The van der Waals surface area contributed by atoms with E-state index in [1.54, 1.807) is 36.4 Å². The molecule has 0 atom stereocenters. The Labute approximate surface area is 189 Å². The number of aryl methyl sites for hydroxylation is 2. The summed E-state index contributed by atoms with van der Waals surface area (Å²) in [5.74, 6) is 0.438. The summed E-state index contributed by atoms with van der Waals surface area (Å²) in [6.07, 6.45) is 1.20. The SMILES string of the molecule is CCOc1cccc(NC(=O)c2ccc(CN(c3cc(C)ccc3C)S(C)(=O)=O)cc2)c1. The first-order valence-corrected chi connectivity index (χ1v) is 12.2. The van der Waals surface area contributed by atoms with Gasteiger partial charge in [0.2, 0.25) is 10.0 Å². The van der Waals surface area contributed by atoms with Crippen LogP contribution in [-0.2, 0) is 16.6 Å². The summed E-state index contributed by atoms with van der Waals surface area (Å²) >= 11 is 0. The van der Waals surface area contributed by atoms with Gasteiger partial charge in [0.1, 0.15) is 5.75 Å². The summed E-state index contributed by atoms with van der Waals surface area (Å²) in [6.45, 7) is 6.45. The number of rotatable bonds is 8. The van der Waals surface area contributed by atoms with Crippen molar-refractivity contribution in [3.63, 3.8) is 0 Å². The second-order valence-corrected chi connectivity index (χ2v) is 9.58. The normalized spacial score (nSPS) is 11.1. The Morgan fingerprint density at radius 2 is 1.72 bits per heavy atom. The number of ether oxygens (including phenoxy) is 1. The van der Waals surface area contributed by atoms with Gasteiger partial charge in [-0.15, -0.1) is 0 Å². The number of benzene rings is 3. The Morgan fingerprint density at radius 1 is 1.00 bits per heavy atom. The number of carbonyl (C=O) groups excluding carboxylic acids is 1. The highest BCUT2D eigenvalue weighted by Gasteiger charge is 2.20. The van der Waals surface area contributed by atoms with E-state index in [2.05, 4.69) is 5.32 Å². The van der Waals surface area contributed by atoms with Crippen molar-refractivity contribution in [2.45, 2.75) is 27.3 Å². The molecule has 7 heteroatoms. The summed E-state index contributed by atoms with van der Waals surface area (Å²) in [6, 6.07) is 19.9. The third-order valence-electron chi connectivity index (χ3n) is 4.98. The topological polar surface area (TPSA) is 75.7 Å². The molecule has 0 radical (unpaired) electrons. The van der Waals surface area contributed by atoms with Gasteiger partial charge in [-0.2, -0.15) is 0 Å². The van der Waals surface area contributed by atoms with Crippen LogP contribution in [-0.4, -0.2) is 27.2 Å². The van der Waals surface area contributed by atoms with Gasteiger partial charge < -0.3 is 10.1 Å². The number of hydrogen-bond donors (Lipinski definition) is 1. The standard InChI is InChI=1S/C25H28N2O4S/c1-5-31-23-8-6-7-22(16-23)26-25(28)21-13-11-20(12-14-21)17-27(32(4,29)30)24-15-18(2)9-10-19(24)3/h6-16H,5,17H2,1-4H3,(H,26,28). The van der Waals surface area contributed by atoms with Gasteiger partial charge in [-0.3, -0.25) is 9.10 Å². The maximum atomic E-state index is 12.6. The van der Waals surface area contributed by atoms with Crippen LogP contribution in [0.4, 0.5) is 11.4 Å². The van der Waals surface area contributed by atoms with Crippen LogP contribution in [0.5, 0.6) is 5.75 Å². The molecule has 6 nitrogen and oxygen atoms in total. The summed E-state index contributed by atoms with van der Waals surface area (Å²) in [7, 11) is -3.49. The third kappa shape index (κ3) is 5.88. The molecule has 3 rings (SSSR count). The molecule has 0 bridgehead atoms. The summed E-state index contributed by atoms with van der Waals surface area (Å²) < 4.78 is 31.9. The van der Waals surface area contributed by atoms with Crippen LogP contribution < -0.4 is 14.4 Å². The summed E-state index contributed by atoms with van der Waals surface area (Å²) in [5.41, 5.74) is 4.43. The lowest BCUT2D eigenvalue weighted by atomic mass is 10.1. The minimum atomic E-state index is -3.49. The van der Waals surface area contributed by atoms with Crippen molar-refractivity contribution in [2.24, 2.45) is 0 Å². The Kier molecular flexibility index (Phi) is 7.20. The Hall–Kier alpha value is -3.32. The average Bonchev–Trinajstić information content (AvgIpc) is 2.74. The molecule has 3 aromatic rings. The van der Waals surface area contributed by atoms with Crippen LogP contribution in [0.25, 0.3) is 0 Å². The second kappa shape index (κ2) is 9.87. The van der Waals surface area contributed by atoms with Gasteiger partial charge in [-0.1, -0.05) is 30.3 Å². The minimum absolute atomic E-state index is 0.182. The van der Waals surface area contributed by atoms with Gasteiger partial charge in [-0.25, -0.2) is 8.42 Å². The highest BCUT2D eigenvalue weighted by Crippen LogP contribution is 2.26. The first kappa shape index (κ1) is 23.3. The molecule has 1 amide bonds. The van der Waals surface area contributed by atoms with Crippen LogP contribution in [0.3, 0.4) is 0 Å². The zero-order valence-corrected chi connectivity index (χ0v) is 19.6. The van der Waals surface area contributed by atoms with Crippen molar-refractivity contribution in [2.75, 3.05) is 22.5 Å². The molecule has 0 unspecified atom stereocenters. The van der Waals surface area contributed by atoms with Crippen molar-refractivity contribution in [3.8, 4) is 5.75 Å². The van der Waals surface area contributed by atoms with Gasteiger partial charge in [-0.05, 0) is 67.8 Å². The van der Waals surface area contributed by atoms with Gasteiger partial charge in [0.15, 0.2) is 0 Å². The summed E-state index contributed by atoms with van der Waals surface area (Å²) in [5, 5.41) is 2.86. The molecule has 0 spiro atoms. The van der Waals surface area contributed by atoms with Crippen molar-refractivity contribution >= 4 is 27.3 Å². The molecule has 32 heavy (non-hydrogen) atoms. The molecule has 0 fully saturated rings. The zero-order chi connectivity index (χ0) is 23.3. The number of carbonyl (C=O) groups is 1. The Balaban J connectivity index is 1.77. The van der Waals surface area contributed by atoms with Crippen LogP contribution in [0, 0.1) is 13.8 Å². The molecule has 168 valence electrons. The zero-order valence-electron chi connectivity index (χ0n) is 18.8. The second-order valence-electron chi connectivity index (χ2n) is 7.67. The molecule has 0 aliphatic carbocycles. The van der Waals surface area contributed by atoms with Crippen LogP contribution in [0.2, 0.25) is 0 Å². The fourth-order valence-electron chi connectivity index (χ4n) is 3.33. The lowest BCUT2D eigenvalue weighted by Crippen LogP contribution is -2.30. The molecule has 0 aliphatic rings. The molecule has 0 aromatic heterocycles. The smallest absolute Gasteiger partial charge is 0.255 e. The highest BCUT2D eigenvalue weighted by molar-refractivity contribution is 7.92. The molecule has 0 saturated heterocycles. The number of sulfonamides is 1. The Morgan fingerprint density at radius 3 is 2.38 bits per heavy atom. The molecule has 0 heterocycles. The predicted octanol–water partition coefficient (Wildman–Crippen LogP) is 4.92. The van der Waals surface area contributed by atoms with E-state index in [-0.39, 0.29) is 12.5 Å². The van der Waals surface area contributed by atoms with Crippen LogP contribution in [0.15, 0.2) is 66.7 Å². The van der Waals surface area contributed by atoms with E-state index in [4.69, 9.17) is 4.74 Å². The van der Waals surface area contributed by atoms with Gasteiger partial charge in [0, 0.05) is 17.3 Å². The van der Waals surface area contributed by atoms with Crippen molar-refractivity contribution < 1.29 is 17.9 Å². The third-order valence-corrected chi connectivity index (χ3v) is 6.11. The Bertz CT molecular complexity index is 1200. The first-order chi connectivity index (χ1) is 15.2.